The van der Waals surface area contributed by atoms with Crippen molar-refractivity contribution in [1.82, 2.24) is 5.32 Å². The molecule has 0 spiro atoms. The maximum atomic E-state index is 12.0. The van der Waals surface area contributed by atoms with Crippen molar-refractivity contribution in [1.29, 1.82) is 0 Å². The summed E-state index contributed by atoms with van der Waals surface area (Å²) in [4.78, 5) is 12.0. The van der Waals surface area contributed by atoms with Gasteiger partial charge in [0, 0.05) is 10.6 Å². The Balaban J connectivity index is 1.83. The highest BCUT2D eigenvalue weighted by atomic mass is 35.5. The number of hydrogen-bond acceptors (Lipinski definition) is 3. The van der Waals surface area contributed by atoms with Crippen molar-refractivity contribution in [3.05, 3.63) is 58.6 Å². The van der Waals surface area contributed by atoms with Crippen LogP contribution in [0.2, 0.25) is 5.02 Å². The third-order valence-corrected chi connectivity index (χ3v) is 3.09. The summed E-state index contributed by atoms with van der Waals surface area (Å²) in [6.45, 7) is 2.63. The molecule has 2 aromatic rings. The van der Waals surface area contributed by atoms with Crippen LogP contribution < -0.4 is 15.8 Å². The van der Waals surface area contributed by atoms with Crippen molar-refractivity contribution < 1.29 is 9.53 Å². The van der Waals surface area contributed by atoms with Gasteiger partial charge in [-0.15, -0.1) is 0 Å². The smallest absolute Gasteiger partial charge is 0.251 e. The molecule has 0 bridgehead atoms. The zero-order valence-electron chi connectivity index (χ0n) is 11.7. The van der Waals surface area contributed by atoms with Crippen LogP contribution >= 0.6 is 11.6 Å². The molecular formula is C16H17ClN2O2. The van der Waals surface area contributed by atoms with Gasteiger partial charge in [0.15, 0.2) is 0 Å². The number of hydrogen-bond donors (Lipinski definition) is 2. The topological polar surface area (TPSA) is 64.3 Å². The first-order chi connectivity index (χ1) is 10.1. The SMILES string of the molecule is Cc1cc(Cl)cc(C(=O)NCCOc2ccccc2N)c1. The van der Waals surface area contributed by atoms with E-state index in [-0.39, 0.29) is 5.91 Å². The minimum atomic E-state index is -0.176. The minimum absolute atomic E-state index is 0.176. The van der Waals surface area contributed by atoms with Crippen LogP contribution in [0.5, 0.6) is 5.75 Å². The van der Waals surface area contributed by atoms with Crippen molar-refractivity contribution in [2.75, 3.05) is 18.9 Å². The second kappa shape index (κ2) is 6.99. The zero-order chi connectivity index (χ0) is 15.2. The fraction of sp³-hybridized carbons (Fsp3) is 0.188. The molecule has 0 saturated heterocycles. The Bertz CT molecular complexity index is 624. The average Bonchev–Trinajstić information content (AvgIpc) is 2.44. The van der Waals surface area contributed by atoms with E-state index in [0.717, 1.165) is 5.56 Å². The van der Waals surface area contributed by atoms with Crippen LogP contribution in [0, 0.1) is 6.92 Å². The molecule has 110 valence electrons. The highest BCUT2D eigenvalue weighted by Gasteiger charge is 2.07. The number of nitrogens with two attached hydrogens (primary N) is 1. The fourth-order valence-electron chi connectivity index (χ4n) is 1.91. The van der Waals surface area contributed by atoms with E-state index in [1.54, 1.807) is 30.3 Å². The predicted molar refractivity (Wildman–Crippen MR) is 84.9 cm³/mol. The number of aryl methyl sites for hydroxylation is 1. The van der Waals surface area contributed by atoms with E-state index in [9.17, 15) is 4.79 Å². The zero-order valence-corrected chi connectivity index (χ0v) is 12.5. The lowest BCUT2D eigenvalue weighted by Gasteiger charge is -2.10. The van der Waals surface area contributed by atoms with Crippen molar-refractivity contribution >= 4 is 23.2 Å². The van der Waals surface area contributed by atoms with Gasteiger partial charge >= 0.3 is 0 Å². The lowest BCUT2D eigenvalue weighted by atomic mass is 10.1. The Kier molecular flexibility index (Phi) is 5.06. The van der Waals surface area contributed by atoms with Gasteiger partial charge in [-0.1, -0.05) is 23.7 Å². The molecule has 0 fully saturated rings. The van der Waals surface area contributed by atoms with Crippen LogP contribution in [0.3, 0.4) is 0 Å². The van der Waals surface area contributed by atoms with E-state index in [2.05, 4.69) is 5.32 Å². The maximum absolute atomic E-state index is 12.0. The van der Waals surface area contributed by atoms with Gasteiger partial charge in [-0.2, -0.15) is 0 Å². The number of amides is 1. The summed E-state index contributed by atoms with van der Waals surface area (Å²) in [7, 11) is 0. The Hall–Kier alpha value is -2.20. The molecule has 0 saturated carbocycles. The number of carbonyl (C=O) groups excluding carboxylic acids is 1. The molecule has 0 atom stereocenters. The molecule has 0 heterocycles. The molecule has 0 aliphatic carbocycles. The van der Waals surface area contributed by atoms with Crippen molar-refractivity contribution in [3.8, 4) is 5.75 Å². The summed E-state index contributed by atoms with van der Waals surface area (Å²) >= 11 is 5.93. The maximum Gasteiger partial charge on any atom is 0.251 e. The first-order valence-corrected chi connectivity index (χ1v) is 6.97. The number of anilines is 1. The second-order valence-electron chi connectivity index (χ2n) is 4.66. The van der Waals surface area contributed by atoms with Gasteiger partial charge < -0.3 is 15.8 Å². The molecule has 0 aliphatic heterocycles. The molecule has 3 N–H and O–H groups in total. The predicted octanol–water partition coefficient (Wildman–Crippen LogP) is 3.04. The van der Waals surface area contributed by atoms with E-state index in [1.807, 2.05) is 19.1 Å². The van der Waals surface area contributed by atoms with Crippen molar-refractivity contribution in [2.24, 2.45) is 0 Å². The average molecular weight is 305 g/mol. The normalized spacial score (nSPS) is 10.2. The lowest BCUT2D eigenvalue weighted by molar-refractivity contribution is 0.0947. The van der Waals surface area contributed by atoms with Gasteiger partial charge in [-0.25, -0.2) is 0 Å². The summed E-state index contributed by atoms with van der Waals surface area (Å²) in [6.07, 6.45) is 0. The number of ether oxygens (including phenoxy) is 1. The first-order valence-electron chi connectivity index (χ1n) is 6.59. The molecule has 0 unspecified atom stereocenters. The number of carbonyl (C=O) groups is 1. The van der Waals surface area contributed by atoms with Gasteiger partial charge in [0.25, 0.3) is 5.91 Å². The second-order valence-corrected chi connectivity index (χ2v) is 5.10. The van der Waals surface area contributed by atoms with E-state index in [4.69, 9.17) is 22.1 Å². The van der Waals surface area contributed by atoms with Gasteiger partial charge in [0.2, 0.25) is 0 Å². The molecular weight excluding hydrogens is 288 g/mol. The molecule has 1 amide bonds. The fourth-order valence-corrected chi connectivity index (χ4v) is 2.20. The van der Waals surface area contributed by atoms with E-state index >= 15 is 0 Å². The molecule has 5 heteroatoms. The number of rotatable bonds is 5. The quantitative estimate of drug-likeness (QED) is 0.659. The van der Waals surface area contributed by atoms with Gasteiger partial charge in [0.05, 0.1) is 12.2 Å². The third kappa shape index (κ3) is 4.39. The lowest BCUT2D eigenvalue weighted by Crippen LogP contribution is -2.28. The molecule has 0 aromatic heterocycles. The third-order valence-electron chi connectivity index (χ3n) is 2.87. The molecule has 2 aromatic carbocycles. The molecule has 21 heavy (non-hydrogen) atoms. The summed E-state index contributed by atoms with van der Waals surface area (Å²) in [5.74, 6) is 0.440. The Morgan fingerprint density at radius 1 is 1.29 bits per heavy atom. The summed E-state index contributed by atoms with van der Waals surface area (Å²) in [5, 5.41) is 3.33. The van der Waals surface area contributed by atoms with Crippen LogP contribution in [-0.2, 0) is 0 Å². The van der Waals surface area contributed by atoms with Crippen molar-refractivity contribution in [3.63, 3.8) is 0 Å². The van der Waals surface area contributed by atoms with Crippen LogP contribution in [0.15, 0.2) is 42.5 Å². The summed E-state index contributed by atoms with van der Waals surface area (Å²) in [6, 6.07) is 12.5. The molecule has 4 nitrogen and oxygen atoms in total. The summed E-state index contributed by atoms with van der Waals surface area (Å²) < 4.78 is 5.50. The molecule has 2 rings (SSSR count). The Labute approximate surface area is 128 Å². The van der Waals surface area contributed by atoms with Crippen LogP contribution in [0.4, 0.5) is 5.69 Å². The highest BCUT2D eigenvalue weighted by molar-refractivity contribution is 6.31. The number of halogens is 1. The number of benzene rings is 2. The van der Waals surface area contributed by atoms with Gasteiger partial charge in [0.1, 0.15) is 12.4 Å². The Morgan fingerprint density at radius 3 is 2.76 bits per heavy atom. The number of nitrogens with one attached hydrogen (secondary N) is 1. The van der Waals surface area contributed by atoms with E-state index in [1.165, 1.54) is 0 Å². The monoisotopic (exact) mass is 304 g/mol. The molecule has 0 aliphatic rings. The van der Waals surface area contributed by atoms with Crippen LogP contribution in [0.25, 0.3) is 0 Å². The number of nitrogen functional groups attached to an aromatic ring is 1. The van der Waals surface area contributed by atoms with Crippen molar-refractivity contribution in [2.45, 2.75) is 6.92 Å². The van der Waals surface area contributed by atoms with Crippen LogP contribution in [-0.4, -0.2) is 19.1 Å². The standard InChI is InChI=1S/C16H17ClN2O2/c1-11-8-12(10-13(17)9-11)16(20)19-6-7-21-15-5-3-2-4-14(15)18/h2-5,8-10H,6-7,18H2,1H3,(H,19,20). The minimum Gasteiger partial charge on any atom is -0.490 e. The highest BCUT2D eigenvalue weighted by Crippen LogP contribution is 2.19. The van der Waals surface area contributed by atoms with Crippen LogP contribution in [0.1, 0.15) is 15.9 Å². The Morgan fingerprint density at radius 2 is 2.05 bits per heavy atom. The molecule has 0 radical (unpaired) electrons. The summed E-state index contributed by atoms with van der Waals surface area (Å²) in [5.41, 5.74) is 7.82. The van der Waals surface area contributed by atoms with E-state index in [0.29, 0.717) is 35.2 Å². The first kappa shape index (κ1) is 15.2. The van der Waals surface area contributed by atoms with Gasteiger partial charge in [-0.3, -0.25) is 4.79 Å². The largest absolute Gasteiger partial charge is 0.490 e. The number of para-hydroxylation sites is 2. The van der Waals surface area contributed by atoms with Gasteiger partial charge in [-0.05, 0) is 42.8 Å². The van der Waals surface area contributed by atoms with E-state index < -0.39 is 0 Å².